The lowest BCUT2D eigenvalue weighted by atomic mass is 10.2. The number of methoxy groups -OCH3 is 1. The van der Waals surface area contributed by atoms with E-state index in [2.05, 4.69) is 5.32 Å². The van der Waals surface area contributed by atoms with Gasteiger partial charge in [-0.15, -0.1) is 11.8 Å². The number of carbonyl (C=O) groups excluding carboxylic acids is 2. The van der Waals surface area contributed by atoms with Gasteiger partial charge in [0.05, 0.1) is 19.1 Å². The van der Waals surface area contributed by atoms with Gasteiger partial charge >= 0.3 is 0 Å². The Morgan fingerprint density at radius 2 is 2.32 bits per heavy atom. The number of hydrogen-bond acceptors (Lipinski definition) is 5. The Morgan fingerprint density at radius 3 is 2.95 bits per heavy atom. The molecule has 0 radical (unpaired) electrons. The van der Waals surface area contributed by atoms with Gasteiger partial charge in [0.2, 0.25) is 11.8 Å². The van der Waals surface area contributed by atoms with Crippen LogP contribution in [-0.4, -0.2) is 48.8 Å². The number of amides is 2. The van der Waals surface area contributed by atoms with E-state index in [1.165, 1.54) is 0 Å². The van der Waals surface area contributed by atoms with Crippen LogP contribution in [0.1, 0.15) is 23.8 Å². The highest BCUT2D eigenvalue weighted by atomic mass is 32.2. The number of furan rings is 1. The fraction of sp³-hybridized carbons (Fsp3) is 0.600. The zero-order valence-corrected chi connectivity index (χ0v) is 13.3. The summed E-state index contributed by atoms with van der Waals surface area (Å²) in [5.41, 5.74) is 0.936. The van der Waals surface area contributed by atoms with Crippen molar-refractivity contribution in [1.82, 2.24) is 10.2 Å². The summed E-state index contributed by atoms with van der Waals surface area (Å²) in [5.74, 6) is 0.669. The lowest BCUT2D eigenvalue weighted by Gasteiger charge is -2.28. The molecule has 6 nitrogen and oxygen atoms in total. The van der Waals surface area contributed by atoms with E-state index in [4.69, 9.17) is 9.15 Å². The minimum Gasteiger partial charge on any atom is -0.472 e. The molecule has 2 amide bonds. The summed E-state index contributed by atoms with van der Waals surface area (Å²) >= 11 is 1.61. The van der Waals surface area contributed by atoms with Gasteiger partial charge in [0.1, 0.15) is 11.4 Å². The average Bonchev–Trinajstić information content (AvgIpc) is 3.05. The molecule has 0 aromatic carbocycles. The van der Waals surface area contributed by atoms with Crippen LogP contribution in [0.15, 0.2) is 23.0 Å². The van der Waals surface area contributed by atoms with Crippen LogP contribution in [0.3, 0.4) is 0 Å². The molecule has 1 saturated carbocycles. The smallest absolute Gasteiger partial charge is 0.243 e. The van der Waals surface area contributed by atoms with Crippen LogP contribution in [-0.2, 0) is 14.3 Å². The summed E-state index contributed by atoms with van der Waals surface area (Å²) in [5, 5.41) is 2.71. The molecule has 22 heavy (non-hydrogen) atoms. The zero-order chi connectivity index (χ0) is 15.5. The third-order valence-electron chi connectivity index (χ3n) is 3.92. The lowest BCUT2D eigenvalue weighted by Crippen LogP contribution is -2.49. The molecular formula is C15H20N2O4S. The van der Waals surface area contributed by atoms with E-state index in [9.17, 15) is 9.59 Å². The van der Waals surface area contributed by atoms with Gasteiger partial charge in [0, 0.05) is 30.9 Å². The molecule has 2 fully saturated rings. The molecule has 7 heteroatoms. The van der Waals surface area contributed by atoms with E-state index in [1.54, 1.807) is 36.3 Å². The molecule has 3 rings (SSSR count). The molecular weight excluding hydrogens is 304 g/mol. The second-order valence-corrected chi connectivity index (χ2v) is 6.67. The SMILES string of the molecule is COCCNC(=O)C1CSC(c2ccoc2)N1C(=O)C1CC1. The molecule has 1 N–H and O–H groups in total. The molecule has 1 aromatic heterocycles. The Kier molecular flexibility index (Phi) is 4.73. The second-order valence-electron chi connectivity index (χ2n) is 5.56. The predicted molar refractivity (Wildman–Crippen MR) is 82.2 cm³/mol. The third-order valence-corrected chi connectivity index (χ3v) is 5.24. The van der Waals surface area contributed by atoms with Gasteiger partial charge in [-0.25, -0.2) is 0 Å². The van der Waals surface area contributed by atoms with Crippen molar-refractivity contribution < 1.29 is 18.7 Å². The van der Waals surface area contributed by atoms with Crippen LogP contribution < -0.4 is 5.32 Å². The summed E-state index contributed by atoms with van der Waals surface area (Å²) in [6, 6.07) is 1.44. The van der Waals surface area contributed by atoms with Crippen molar-refractivity contribution in [1.29, 1.82) is 0 Å². The third kappa shape index (κ3) is 3.15. The Hall–Kier alpha value is -1.47. The molecule has 2 aliphatic rings. The van der Waals surface area contributed by atoms with E-state index in [0.29, 0.717) is 18.9 Å². The number of ether oxygens (including phenoxy) is 1. The number of rotatable bonds is 6. The normalized spacial score (nSPS) is 24.5. The van der Waals surface area contributed by atoms with Crippen molar-refractivity contribution in [3.8, 4) is 0 Å². The standard InChI is InChI=1S/C15H20N2O4S/c1-20-7-5-16-13(18)12-9-22-15(11-4-6-21-8-11)17(12)14(19)10-2-3-10/h4,6,8,10,12,15H,2-3,5,7,9H2,1H3,(H,16,18). The first-order valence-electron chi connectivity index (χ1n) is 7.45. The molecule has 1 saturated heterocycles. The Labute approximate surface area is 133 Å². The van der Waals surface area contributed by atoms with E-state index in [0.717, 1.165) is 18.4 Å². The first-order valence-corrected chi connectivity index (χ1v) is 8.49. The van der Waals surface area contributed by atoms with Crippen LogP contribution >= 0.6 is 11.8 Å². The molecule has 0 spiro atoms. The van der Waals surface area contributed by atoms with Crippen LogP contribution in [0.2, 0.25) is 0 Å². The van der Waals surface area contributed by atoms with Crippen LogP contribution in [0, 0.1) is 5.92 Å². The van der Waals surface area contributed by atoms with Crippen molar-refractivity contribution in [3.05, 3.63) is 24.2 Å². The molecule has 0 bridgehead atoms. The highest BCUT2D eigenvalue weighted by molar-refractivity contribution is 7.99. The predicted octanol–water partition coefficient (Wildman–Crippen LogP) is 1.39. The Balaban J connectivity index is 1.74. The van der Waals surface area contributed by atoms with E-state index in [-0.39, 0.29) is 23.1 Å². The van der Waals surface area contributed by atoms with Gasteiger partial charge in [-0.3, -0.25) is 9.59 Å². The molecule has 1 aromatic rings. The molecule has 2 atom stereocenters. The average molecular weight is 324 g/mol. The van der Waals surface area contributed by atoms with Crippen molar-refractivity contribution in [2.45, 2.75) is 24.3 Å². The van der Waals surface area contributed by atoms with Gasteiger partial charge in [0.25, 0.3) is 0 Å². The maximum atomic E-state index is 12.6. The zero-order valence-electron chi connectivity index (χ0n) is 12.5. The van der Waals surface area contributed by atoms with Crippen molar-refractivity contribution >= 4 is 23.6 Å². The quantitative estimate of drug-likeness (QED) is 0.801. The molecule has 120 valence electrons. The number of nitrogens with one attached hydrogen (secondary N) is 1. The maximum Gasteiger partial charge on any atom is 0.243 e. The Bertz CT molecular complexity index is 530. The number of nitrogens with zero attached hydrogens (tertiary/aromatic N) is 1. The number of thioether (sulfide) groups is 1. The summed E-state index contributed by atoms with van der Waals surface area (Å²) in [4.78, 5) is 26.8. The van der Waals surface area contributed by atoms with Crippen molar-refractivity contribution in [2.24, 2.45) is 5.92 Å². The fourth-order valence-corrected chi connectivity index (χ4v) is 4.00. The molecule has 2 heterocycles. The summed E-state index contributed by atoms with van der Waals surface area (Å²) in [7, 11) is 1.59. The van der Waals surface area contributed by atoms with E-state index >= 15 is 0 Å². The van der Waals surface area contributed by atoms with Gasteiger partial charge in [-0.1, -0.05) is 0 Å². The van der Waals surface area contributed by atoms with Gasteiger partial charge in [0.15, 0.2) is 0 Å². The second kappa shape index (κ2) is 6.75. The molecule has 1 aliphatic carbocycles. The fourth-order valence-electron chi connectivity index (χ4n) is 2.59. The summed E-state index contributed by atoms with van der Waals surface area (Å²) in [6.07, 6.45) is 5.10. The van der Waals surface area contributed by atoms with Crippen LogP contribution in [0.5, 0.6) is 0 Å². The monoisotopic (exact) mass is 324 g/mol. The summed E-state index contributed by atoms with van der Waals surface area (Å²) in [6.45, 7) is 0.922. The molecule has 2 unspecified atom stereocenters. The van der Waals surface area contributed by atoms with E-state index < -0.39 is 6.04 Å². The summed E-state index contributed by atoms with van der Waals surface area (Å²) < 4.78 is 10.1. The van der Waals surface area contributed by atoms with Crippen molar-refractivity contribution in [3.63, 3.8) is 0 Å². The molecule has 1 aliphatic heterocycles. The Morgan fingerprint density at radius 1 is 1.50 bits per heavy atom. The lowest BCUT2D eigenvalue weighted by molar-refractivity contribution is -0.140. The highest BCUT2D eigenvalue weighted by Gasteiger charge is 2.46. The van der Waals surface area contributed by atoms with Gasteiger partial charge in [-0.2, -0.15) is 0 Å². The topological polar surface area (TPSA) is 71.8 Å². The number of hydrogen-bond donors (Lipinski definition) is 1. The van der Waals surface area contributed by atoms with Gasteiger partial charge in [-0.05, 0) is 18.9 Å². The van der Waals surface area contributed by atoms with Crippen molar-refractivity contribution in [2.75, 3.05) is 26.0 Å². The number of carbonyl (C=O) groups is 2. The van der Waals surface area contributed by atoms with E-state index in [1.807, 2.05) is 6.07 Å². The van der Waals surface area contributed by atoms with Crippen LogP contribution in [0.25, 0.3) is 0 Å². The maximum absolute atomic E-state index is 12.6. The van der Waals surface area contributed by atoms with Crippen LogP contribution in [0.4, 0.5) is 0 Å². The minimum atomic E-state index is -0.421. The first kappa shape index (κ1) is 15.4. The largest absolute Gasteiger partial charge is 0.472 e. The highest BCUT2D eigenvalue weighted by Crippen LogP contribution is 2.45. The minimum absolute atomic E-state index is 0.0855. The van der Waals surface area contributed by atoms with Gasteiger partial charge < -0.3 is 19.4 Å². The first-order chi connectivity index (χ1) is 10.7.